The Morgan fingerprint density at radius 2 is 1.45 bits per heavy atom. The Hall–Kier alpha value is -2.81. The van der Waals surface area contributed by atoms with Crippen molar-refractivity contribution in [2.75, 3.05) is 0 Å². The molecule has 0 unspecified atom stereocenters. The smallest absolute Gasteiger partial charge is 0.279 e. The second-order valence-electron chi connectivity index (χ2n) is 7.56. The summed E-state index contributed by atoms with van der Waals surface area (Å²) in [5, 5.41) is 2.63. The molecule has 0 atom stereocenters. The lowest BCUT2D eigenvalue weighted by Gasteiger charge is -2.21. The van der Waals surface area contributed by atoms with Crippen LogP contribution in [0.5, 0.6) is 0 Å². The summed E-state index contributed by atoms with van der Waals surface area (Å²) in [5.41, 5.74) is 0.253. The third-order valence-corrected chi connectivity index (χ3v) is 7.10. The minimum Gasteiger partial charge on any atom is -0.279 e. The van der Waals surface area contributed by atoms with Gasteiger partial charge in [0.25, 0.3) is 0 Å². The van der Waals surface area contributed by atoms with E-state index in [0.717, 1.165) is 12.8 Å². The molecule has 0 aliphatic carbocycles. The quantitative estimate of drug-likeness (QED) is 0.217. The summed E-state index contributed by atoms with van der Waals surface area (Å²) in [6, 6.07) is 31.0. The molecule has 33 heavy (non-hydrogen) atoms. The maximum Gasteiger partial charge on any atom is 0.522 e. The van der Waals surface area contributed by atoms with E-state index >= 15 is 0 Å². The minimum atomic E-state index is -5.84. The van der Waals surface area contributed by atoms with Gasteiger partial charge in [0.2, 0.25) is 0 Å². The highest BCUT2D eigenvalue weighted by molar-refractivity contribution is 7.99. The molecule has 1 aliphatic rings. The number of benzene rings is 4. The van der Waals surface area contributed by atoms with Crippen molar-refractivity contribution in [2.45, 2.75) is 28.1 Å². The molecule has 0 saturated heterocycles. The van der Waals surface area contributed by atoms with Crippen LogP contribution in [0.15, 0.2) is 94.7 Å². The third-order valence-electron chi connectivity index (χ3n) is 5.29. The maximum absolute atomic E-state index is 10.7. The standard InChI is InChI=1S/C24H18S.CHF3O3S/c1-2-7-19-14-17(12-13-18(19)6-1)15-20-9-5-11-24-22(20)16-21-8-3-4-10-23(21)25-24;2-1(3,4)8(5,6)7/h1-14H,15-16H2;(H,5,6,7). The predicted octanol–water partition coefficient (Wildman–Crippen LogP) is 6.88. The Morgan fingerprint density at radius 1 is 0.818 bits per heavy atom. The summed E-state index contributed by atoms with van der Waals surface area (Å²) in [5.74, 6) is 0. The third kappa shape index (κ3) is 5.40. The van der Waals surface area contributed by atoms with Gasteiger partial charge in [-0.25, -0.2) is 0 Å². The van der Waals surface area contributed by atoms with Gasteiger partial charge in [0.05, 0.1) is 0 Å². The number of hydrogen-bond acceptors (Lipinski definition) is 3. The first-order valence-corrected chi connectivity index (χ1v) is 12.3. The molecule has 1 aliphatic heterocycles. The van der Waals surface area contributed by atoms with E-state index in [1.807, 2.05) is 11.8 Å². The molecule has 0 spiro atoms. The average Bonchev–Trinajstić information content (AvgIpc) is 2.77. The summed E-state index contributed by atoms with van der Waals surface area (Å²) in [7, 11) is -5.84. The molecule has 4 aromatic carbocycles. The van der Waals surface area contributed by atoms with Gasteiger partial charge in [0.15, 0.2) is 0 Å². The molecule has 5 rings (SSSR count). The van der Waals surface area contributed by atoms with Gasteiger partial charge in [-0.1, -0.05) is 84.6 Å². The van der Waals surface area contributed by atoms with Crippen LogP contribution < -0.4 is 0 Å². The highest BCUT2D eigenvalue weighted by atomic mass is 32.2. The Balaban J connectivity index is 0.000000281. The number of halogens is 3. The molecule has 0 fully saturated rings. The molecule has 8 heteroatoms. The van der Waals surface area contributed by atoms with E-state index in [1.54, 1.807) is 0 Å². The summed E-state index contributed by atoms with van der Waals surface area (Å²) in [6.45, 7) is 0. The van der Waals surface area contributed by atoms with Crippen molar-refractivity contribution < 1.29 is 26.1 Å². The lowest BCUT2D eigenvalue weighted by Crippen LogP contribution is -2.21. The summed E-state index contributed by atoms with van der Waals surface area (Å²) < 4.78 is 57.5. The van der Waals surface area contributed by atoms with Crippen molar-refractivity contribution in [3.8, 4) is 0 Å². The van der Waals surface area contributed by atoms with Gasteiger partial charge in [-0.05, 0) is 58.0 Å². The fraction of sp³-hybridized carbons (Fsp3) is 0.120. The van der Waals surface area contributed by atoms with Gasteiger partial charge in [0, 0.05) is 9.79 Å². The van der Waals surface area contributed by atoms with Crippen LogP contribution in [0.4, 0.5) is 13.2 Å². The first kappa shape index (κ1) is 23.4. The molecule has 0 radical (unpaired) electrons. The van der Waals surface area contributed by atoms with E-state index in [-0.39, 0.29) is 0 Å². The van der Waals surface area contributed by atoms with E-state index in [1.165, 1.54) is 42.8 Å². The van der Waals surface area contributed by atoms with Crippen LogP contribution in [-0.2, 0) is 23.0 Å². The molecule has 0 bridgehead atoms. The maximum atomic E-state index is 10.7. The van der Waals surface area contributed by atoms with Crippen LogP contribution in [0, 0.1) is 0 Å². The molecule has 0 aromatic heterocycles. The topological polar surface area (TPSA) is 54.4 Å². The zero-order valence-electron chi connectivity index (χ0n) is 17.2. The van der Waals surface area contributed by atoms with E-state index in [0.29, 0.717) is 0 Å². The van der Waals surface area contributed by atoms with Crippen molar-refractivity contribution in [3.05, 3.63) is 107 Å². The van der Waals surface area contributed by atoms with Gasteiger partial charge >= 0.3 is 15.6 Å². The lowest BCUT2D eigenvalue weighted by atomic mass is 9.94. The van der Waals surface area contributed by atoms with Gasteiger partial charge in [-0.3, -0.25) is 4.55 Å². The predicted molar refractivity (Wildman–Crippen MR) is 124 cm³/mol. The van der Waals surface area contributed by atoms with Crippen LogP contribution in [0.25, 0.3) is 10.8 Å². The Morgan fingerprint density at radius 3 is 2.18 bits per heavy atom. The summed E-state index contributed by atoms with van der Waals surface area (Å²) >= 11 is 1.91. The zero-order chi connectivity index (χ0) is 23.6. The molecule has 0 saturated carbocycles. The van der Waals surface area contributed by atoms with Crippen molar-refractivity contribution in [1.82, 2.24) is 0 Å². The largest absolute Gasteiger partial charge is 0.522 e. The minimum absolute atomic E-state index is 0.997. The van der Waals surface area contributed by atoms with Crippen LogP contribution in [0.3, 0.4) is 0 Å². The van der Waals surface area contributed by atoms with Crippen LogP contribution in [0.1, 0.15) is 22.3 Å². The molecule has 170 valence electrons. The second kappa shape index (κ2) is 9.21. The molecule has 3 nitrogen and oxygen atoms in total. The van der Waals surface area contributed by atoms with Crippen molar-refractivity contribution >= 4 is 32.7 Å². The number of rotatable bonds is 2. The molecular formula is C25H19F3O3S2. The Kier molecular flexibility index (Phi) is 6.52. The van der Waals surface area contributed by atoms with Crippen molar-refractivity contribution in [1.29, 1.82) is 0 Å². The summed E-state index contributed by atoms with van der Waals surface area (Å²) in [6.07, 6.45) is 2.04. The van der Waals surface area contributed by atoms with Gasteiger partial charge in [0.1, 0.15) is 0 Å². The normalized spacial score (nSPS) is 13.0. The van der Waals surface area contributed by atoms with Gasteiger partial charge in [-0.15, -0.1) is 0 Å². The van der Waals surface area contributed by atoms with E-state index in [9.17, 15) is 13.2 Å². The Bertz CT molecular complexity index is 1410. The fourth-order valence-corrected chi connectivity index (χ4v) is 4.83. The van der Waals surface area contributed by atoms with Crippen LogP contribution in [0.2, 0.25) is 0 Å². The van der Waals surface area contributed by atoms with Gasteiger partial charge in [-0.2, -0.15) is 21.6 Å². The van der Waals surface area contributed by atoms with Crippen LogP contribution in [-0.4, -0.2) is 18.5 Å². The van der Waals surface area contributed by atoms with E-state index in [4.69, 9.17) is 13.0 Å². The number of hydrogen-bond donors (Lipinski definition) is 1. The van der Waals surface area contributed by atoms with Gasteiger partial charge < -0.3 is 0 Å². The van der Waals surface area contributed by atoms with Crippen molar-refractivity contribution in [3.63, 3.8) is 0 Å². The highest BCUT2D eigenvalue weighted by Gasteiger charge is 2.44. The monoisotopic (exact) mass is 488 g/mol. The first-order valence-electron chi connectivity index (χ1n) is 10.00. The SMILES string of the molecule is O=S(=O)(O)C(F)(F)F.c1ccc2c(c1)Cc1c(Cc3ccc4ccccc4c3)cccc1S2. The van der Waals surface area contributed by atoms with E-state index in [2.05, 4.69) is 84.9 Å². The van der Waals surface area contributed by atoms with Crippen molar-refractivity contribution in [2.24, 2.45) is 0 Å². The zero-order valence-corrected chi connectivity index (χ0v) is 18.8. The summed E-state index contributed by atoms with van der Waals surface area (Å²) in [4.78, 5) is 2.81. The first-order chi connectivity index (χ1) is 15.6. The molecule has 1 N–H and O–H groups in total. The Labute approximate surface area is 194 Å². The highest BCUT2D eigenvalue weighted by Crippen LogP contribution is 2.41. The molecule has 0 amide bonds. The second-order valence-corrected chi connectivity index (χ2v) is 10.1. The fourth-order valence-electron chi connectivity index (χ4n) is 3.70. The van der Waals surface area contributed by atoms with Crippen LogP contribution >= 0.6 is 11.8 Å². The lowest BCUT2D eigenvalue weighted by molar-refractivity contribution is -0.0510. The average molecular weight is 489 g/mol. The molecular weight excluding hydrogens is 469 g/mol. The molecule has 1 heterocycles. The number of fused-ring (bicyclic) bond motifs is 3. The number of alkyl halides is 3. The van der Waals surface area contributed by atoms with E-state index < -0.39 is 15.6 Å². The molecule has 4 aromatic rings.